The Labute approximate surface area is 93.6 Å². The van der Waals surface area contributed by atoms with Gasteiger partial charge in [-0.2, -0.15) is 5.10 Å². The van der Waals surface area contributed by atoms with Crippen LogP contribution in [0.25, 0.3) is 5.52 Å². The highest BCUT2D eigenvalue weighted by Crippen LogP contribution is 2.22. The van der Waals surface area contributed by atoms with Gasteiger partial charge in [-0.25, -0.2) is 9.51 Å². The van der Waals surface area contributed by atoms with Crippen molar-refractivity contribution in [2.75, 3.05) is 6.61 Å². The highest BCUT2D eigenvalue weighted by molar-refractivity contribution is 6.01. The van der Waals surface area contributed by atoms with Gasteiger partial charge in [-0.05, 0) is 26.0 Å². The number of ether oxygens (including phenoxy) is 1. The Morgan fingerprint density at radius 1 is 1.38 bits per heavy atom. The number of aliphatic imine (C=N–C) groups is 1. The molecule has 0 radical (unpaired) electrons. The second-order valence-corrected chi connectivity index (χ2v) is 4.61. The largest absolute Gasteiger partial charge is 0.475 e. The fourth-order valence-electron chi connectivity index (χ4n) is 1.82. The molecule has 1 aliphatic rings. The summed E-state index contributed by atoms with van der Waals surface area (Å²) in [7, 11) is 0. The molecule has 0 atom stereocenters. The van der Waals surface area contributed by atoms with E-state index in [0.717, 1.165) is 11.1 Å². The van der Waals surface area contributed by atoms with Crippen LogP contribution in [-0.4, -0.2) is 27.7 Å². The smallest absolute Gasteiger partial charge is 0.220 e. The first kappa shape index (κ1) is 9.39. The van der Waals surface area contributed by atoms with Gasteiger partial charge in [0.1, 0.15) is 6.61 Å². The molecule has 4 nitrogen and oxygen atoms in total. The van der Waals surface area contributed by atoms with E-state index in [1.54, 1.807) is 6.20 Å². The van der Waals surface area contributed by atoms with Gasteiger partial charge in [0.2, 0.25) is 5.90 Å². The summed E-state index contributed by atoms with van der Waals surface area (Å²) in [5.74, 6) is 0.700. The third kappa shape index (κ3) is 1.38. The van der Waals surface area contributed by atoms with Crippen molar-refractivity contribution >= 4 is 11.4 Å². The summed E-state index contributed by atoms with van der Waals surface area (Å²) in [4.78, 5) is 4.55. The van der Waals surface area contributed by atoms with Gasteiger partial charge in [-0.1, -0.05) is 6.07 Å². The van der Waals surface area contributed by atoms with E-state index in [-0.39, 0.29) is 5.54 Å². The molecule has 3 rings (SSSR count). The van der Waals surface area contributed by atoms with E-state index in [9.17, 15) is 0 Å². The Balaban J connectivity index is 2.14. The lowest BCUT2D eigenvalue weighted by atomic mass is 10.1. The van der Waals surface area contributed by atoms with Crippen LogP contribution in [0.3, 0.4) is 0 Å². The average molecular weight is 215 g/mol. The third-order valence-electron chi connectivity index (χ3n) is 2.62. The molecule has 0 spiro atoms. The average Bonchev–Trinajstić information content (AvgIpc) is 2.81. The van der Waals surface area contributed by atoms with Gasteiger partial charge in [0.25, 0.3) is 0 Å². The third-order valence-corrected chi connectivity index (χ3v) is 2.62. The molecule has 3 heterocycles. The van der Waals surface area contributed by atoms with Gasteiger partial charge in [-0.3, -0.25) is 0 Å². The van der Waals surface area contributed by atoms with Crippen LogP contribution in [0, 0.1) is 0 Å². The molecule has 0 aromatic carbocycles. The number of hydrogen-bond donors (Lipinski definition) is 0. The number of fused-ring (bicyclic) bond motifs is 1. The molecule has 0 fully saturated rings. The van der Waals surface area contributed by atoms with Crippen LogP contribution in [-0.2, 0) is 4.74 Å². The summed E-state index contributed by atoms with van der Waals surface area (Å²) in [5.41, 5.74) is 1.86. The molecule has 0 saturated heterocycles. The van der Waals surface area contributed by atoms with Gasteiger partial charge < -0.3 is 4.74 Å². The Morgan fingerprint density at radius 2 is 2.25 bits per heavy atom. The second kappa shape index (κ2) is 3.07. The second-order valence-electron chi connectivity index (χ2n) is 4.61. The Morgan fingerprint density at radius 3 is 3.00 bits per heavy atom. The van der Waals surface area contributed by atoms with Crippen molar-refractivity contribution in [3.8, 4) is 0 Å². The van der Waals surface area contributed by atoms with Crippen LogP contribution in [0.15, 0.2) is 35.6 Å². The maximum atomic E-state index is 5.62. The van der Waals surface area contributed by atoms with E-state index in [1.165, 1.54) is 0 Å². The molecule has 2 aromatic rings. The van der Waals surface area contributed by atoms with Crippen molar-refractivity contribution in [2.45, 2.75) is 19.4 Å². The molecule has 0 aliphatic carbocycles. The highest BCUT2D eigenvalue weighted by atomic mass is 16.5. The first-order valence-corrected chi connectivity index (χ1v) is 5.31. The normalized spacial score (nSPS) is 18.5. The molecule has 1 aliphatic heterocycles. The quantitative estimate of drug-likeness (QED) is 0.728. The van der Waals surface area contributed by atoms with Gasteiger partial charge in [0.05, 0.1) is 22.8 Å². The fraction of sp³-hybridized carbons (Fsp3) is 0.333. The van der Waals surface area contributed by atoms with Crippen molar-refractivity contribution in [1.29, 1.82) is 0 Å². The standard InChI is InChI=1S/C12H13N3O/c1-12(2)8-16-11(14-12)9-7-13-15-6-4-3-5-10(9)15/h3-7H,8H2,1-2H3. The molecule has 0 amide bonds. The Hall–Kier alpha value is -1.84. The van der Waals surface area contributed by atoms with Gasteiger partial charge >= 0.3 is 0 Å². The number of nitrogens with zero attached hydrogens (tertiary/aromatic N) is 3. The molecular formula is C12H13N3O. The maximum absolute atomic E-state index is 5.62. The summed E-state index contributed by atoms with van der Waals surface area (Å²) in [6.07, 6.45) is 3.72. The molecule has 16 heavy (non-hydrogen) atoms. The van der Waals surface area contributed by atoms with E-state index in [4.69, 9.17) is 4.74 Å². The topological polar surface area (TPSA) is 38.9 Å². The van der Waals surface area contributed by atoms with Gasteiger partial charge in [0, 0.05) is 6.20 Å². The van der Waals surface area contributed by atoms with Crippen molar-refractivity contribution in [2.24, 2.45) is 4.99 Å². The summed E-state index contributed by atoms with van der Waals surface area (Å²) in [6, 6.07) is 5.95. The molecule has 0 unspecified atom stereocenters. The first-order valence-electron chi connectivity index (χ1n) is 5.31. The van der Waals surface area contributed by atoms with E-state index in [1.807, 2.05) is 28.9 Å². The zero-order chi connectivity index (χ0) is 11.2. The van der Waals surface area contributed by atoms with Crippen LogP contribution in [0.1, 0.15) is 19.4 Å². The zero-order valence-corrected chi connectivity index (χ0v) is 9.34. The fourth-order valence-corrected chi connectivity index (χ4v) is 1.82. The van der Waals surface area contributed by atoms with E-state index in [2.05, 4.69) is 23.9 Å². The highest BCUT2D eigenvalue weighted by Gasteiger charge is 2.28. The van der Waals surface area contributed by atoms with E-state index >= 15 is 0 Å². The van der Waals surface area contributed by atoms with E-state index < -0.39 is 0 Å². The number of aromatic nitrogens is 2. The molecular weight excluding hydrogens is 202 g/mol. The Bertz CT molecular complexity index is 568. The minimum Gasteiger partial charge on any atom is -0.475 e. The summed E-state index contributed by atoms with van der Waals surface area (Å²) < 4.78 is 7.44. The molecule has 4 heteroatoms. The predicted molar refractivity (Wildman–Crippen MR) is 61.8 cm³/mol. The SMILES string of the molecule is CC1(C)COC(c2cnn3ccccc23)=N1. The number of hydrogen-bond acceptors (Lipinski definition) is 3. The van der Waals surface area contributed by atoms with Crippen molar-refractivity contribution in [1.82, 2.24) is 9.61 Å². The monoisotopic (exact) mass is 215 g/mol. The molecule has 0 saturated carbocycles. The van der Waals surface area contributed by atoms with Crippen LogP contribution < -0.4 is 0 Å². The molecule has 0 N–H and O–H groups in total. The molecule has 2 aromatic heterocycles. The number of rotatable bonds is 1. The van der Waals surface area contributed by atoms with Crippen molar-refractivity contribution in [3.63, 3.8) is 0 Å². The predicted octanol–water partition coefficient (Wildman–Crippen LogP) is 1.89. The zero-order valence-electron chi connectivity index (χ0n) is 9.34. The van der Waals surface area contributed by atoms with Gasteiger partial charge in [-0.15, -0.1) is 0 Å². The molecule has 82 valence electrons. The lowest BCUT2D eigenvalue weighted by molar-refractivity contribution is 0.279. The van der Waals surface area contributed by atoms with E-state index in [0.29, 0.717) is 12.5 Å². The minimum absolute atomic E-state index is 0.127. The van der Waals surface area contributed by atoms with Crippen molar-refractivity contribution in [3.05, 3.63) is 36.2 Å². The van der Waals surface area contributed by atoms with Crippen LogP contribution >= 0.6 is 0 Å². The molecule has 0 bridgehead atoms. The summed E-state index contributed by atoms with van der Waals surface area (Å²) >= 11 is 0. The minimum atomic E-state index is -0.127. The van der Waals surface area contributed by atoms with Crippen LogP contribution in [0.2, 0.25) is 0 Å². The number of pyridine rings is 1. The van der Waals surface area contributed by atoms with Crippen LogP contribution in [0.5, 0.6) is 0 Å². The summed E-state index contributed by atoms with van der Waals surface area (Å²) in [6.45, 7) is 4.75. The maximum Gasteiger partial charge on any atom is 0.220 e. The lowest BCUT2D eigenvalue weighted by Gasteiger charge is -2.07. The summed E-state index contributed by atoms with van der Waals surface area (Å²) in [5, 5.41) is 4.27. The van der Waals surface area contributed by atoms with Crippen LogP contribution in [0.4, 0.5) is 0 Å². The lowest BCUT2D eigenvalue weighted by Crippen LogP contribution is -2.17. The van der Waals surface area contributed by atoms with Gasteiger partial charge in [0.15, 0.2) is 0 Å². The van der Waals surface area contributed by atoms with Crippen molar-refractivity contribution < 1.29 is 4.74 Å². The first-order chi connectivity index (χ1) is 7.66. The Kier molecular flexibility index (Phi) is 1.80.